The molecule has 0 aliphatic carbocycles. The molecular formula is C9H12N2O2. The number of amides is 1. The van der Waals surface area contributed by atoms with E-state index in [4.69, 9.17) is 5.73 Å². The summed E-state index contributed by atoms with van der Waals surface area (Å²) >= 11 is 0. The first kappa shape index (κ1) is 9.54. The number of carbonyl (C=O) groups is 1. The smallest absolute Gasteiger partial charge is 0.254 e. The van der Waals surface area contributed by atoms with E-state index in [0.717, 1.165) is 5.56 Å². The van der Waals surface area contributed by atoms with E-state index in [-0.39, 0.29) is 17.2 Å². The third-order valence-corrected chi connectivity index (χ3v) is 1.77. The van der Waals surface area contributed by atoms with E-state index in [1.165, 1.54) is 13.1 Å². The second kappa shape index (κ2) is 3.91. The summed E-state index contributed by atoms with van der Waals surface area (Å²) < 4.78 is 0. The lowest BCUT2D eigenvalue weighted by Gasteiger charge is -2.04. The van der Waals surface area contributed by atoms with Gasteiger partial charge in [-0.2, -0.15) is 0 Å². The number of hydrogen-bond donors (Lipinski definition) is 3. The van der Waals surface area contributed by atoms with Crippen molar-refractivity contribution < 1.29 is 9.90 Å². The molecule has 0 unspecified atom stereocenters. The average molecular weight is 180 g/mol. The number of carbonyl (C=O) groups excluding carboxylic acids is 1. The number of aromatic hydroxyl groups is 1. The van der Waals surface area contributed by atoms with Gasteiger partial charge in [0.1, 0.15) is 5.75 Å². The predicted molar refractivity (Wildman–Crippen MR) is 49.4 cm³/mol. The first-order valence-corrected chi connectivity index (χ1v) is 3.93. The zero-order chi connectivity index (χ0) is 9.84. The van der Waals surface area contributed by atoms with Crippen LogP contribution in [0.1, 0.15) is 15.9 Å². The first-order valence-electron chi connectivity index (χ1n) is 3.93. The molecule has 4 N–H and O–H groups in total. The fourth-order valence-electron chi connectivity index (χ4n) is 1.03. The van der Waals surface area contributed by atoms with Gasteiger partial charge >= 0.3 is 0 Å². The topological polar surface area (TPSA) is 75.4 Å². The van der Waals surface area contributed by atoms with Gasteiger partial charge in [0, 0.05) is 13.6 Å². The van der Waals surface area contributed by atoms with E-state index in [0.29, 0.717) is 6.54 Å². The van der Waals surface area contributed by atoms with Crippen LogP contribution in [-0.2, 0) is 6.54 Å². The molecule has 0 saturated carbocycles. The van der Waals surface area contributed by atoms with Gasteiger partial charge in [-0.05, 0) is 17.7 Å². The fourth-order valence-corrected chi connectivity index (χ4v) is 1.03. The van der Waals surface area contributed by atoms with Crippen molar-refractivity contribution in [1.29, 1.82) is 0 Å². The number of phenols is 1. The van der Waals surface area contributed by atoms with Crippen LogP contribution in [0.25, 0.3) is 0 Å². The Bertz CT molecular complexity index is 323. The molecule has 0 radical (unpaired) electrons. The van der Waals surface area contributed by atoms with Crippen molar-refractivity contribution in [2.75, 3.05) is 7.05 Å². The minimum Gasteiger partial charge on any atom is -0.507 e. The highest BCUT2D eigenvalue weighted by molar-refractivity contribution is 5.96. The molecule has 0 saturated heterocycles. The Morgan fingerprint density at radius 1 is 1.62 bits per heavy atom. The Labute approximate surface area is 76.4 Å². The van der Waals surface area contributed by atoms with E-state index in [9.17, 15) is 9.90 Å². The van der Waals surface area contributed by atoms with Crippen molar-refractivity contribution in [2.45, 2.75) is 6.54 Å². The van der Waals surface area contributed by atoms with Gasteiger partial charge in [0.15, 0.2) is 0 Å². The molecule has 4 heteroatoms. The predicted octanol–water partition coefficient (Wildman–Crippen LogP) is 0.211. The SMILES string of the molecule is CNC(=O)c1ccc(CN)cc1O. The van der Waals surface area contributed by atoms with Gasteiger partial charge in [-0.1, -0.05) is 6.07 Å². The molecule has 1 amide bonds. The van der Waals surface area contributed by atoms with E-state index in [1.54, 1.807) is 12.1 Å². The average Bonchev–Trinajstić information content (AvgIpc) is 2.16. The molecular weight excluding hydrogens is 168 g/mol. The van der Waals surface area contributed by atoms with Crippen molar-refractivity contribution in [1.82, 2.24) is 5.32 Å². The summed E-state index contributed by atoms with van der Waals surface area (Å²) in [5.41, 5.74) is 6.43. The highest BCUT2D eigenvalue weighted by atomic mass is 16.3. The van der Waals surface area contributed by atoms with Crippen molar-refractivity contribution in [3.63, 3.8) is 0 Å². The standard InChI is InChI=1S/C9H12N2O2/c1-11-9(13)7-3-2-6(5-10)4-8(7)12/h2-4,12H,5,10H2,1H3,(H,11,13). The van der Waals surface area contributed by atoms with Crippen molar-refractivity contribution in [3.05, 3.63) is 29.3 Å². The molecule has 1 rings (SSSR count). The Morgan fingerprint density at radius 3 is 2.77 bits per heavy atom. The second-order valence-corrected chi connectivity index (χ2v) is 2.63. The Morgan fingerprint density at radius 2 is 2.31 bits per heavy atom. The van der Waals surface area contributed by atoms with Gasteiger partial charge < -0.3 is 16.2 Å². The van der Waals surface area contributed by atoms with E-state index >= 15 is 0 Å². The Balaban J connectivity index is 3.05. The lowest BCUT2D eigenvalue weighted by atomic mass is 10.1. The molecule has 0 aliphatic rings. The van der Waals surface area contributed by atoms with E-state index < -0.39 is 0 Å². The van der Waals surface area contributed by atoms with Gasteiger partial charge in [0.25, 0.3) is 5.91 Å². The van der Waals surface area contributed by atoms with Crippen molar-refractivity contribution in [2.24, 2.45) is 5.73 Å². The lowest BCUT2D eigenvalue weighted by Crippen LogP contribution is -2.17. The van der Waals surface area contributed by atoms with Crippen molar-refractivity contribution >= 4 is 5.91 Å². The maximum atomic E-state index is 11.1. The van der Waals surface area contributed by atoms with Crippen LogP contribution < -0.4 is 11.1 Å². The molecule has 0 fully saturated rings. The zero-order valence-corrected chi connectivity index (χ0v) is 7.37. The summed E-state index contributed by atoms with van der Waals surface area (Å²) in [6.45, 7) is 0.349. The van der Waals surface area contributed by atoms with Crippen LogP contribution in [0, 0.1) is 0 Å². The number of phenolic OH excluding ortho intramolecular Hbond substituents is 1. The summed E-state index contributed by atoms with van der Waals surface area (Å²) in [5, 5.41) is 11.8. The number of rotatable bonds is 2. The van der Waals surface area contributed by atoms with E-state index in [1.807, 2.05) is 0 Å². The zero-order valence-electron chi connectivity index (χ0n) is 7.37. The fraction of sp³-hybridized carbons (Fsp3) is 0.222. The molecule has 0 spiro atoms. The third kappa shape index (κ3) is 1.97. The van der Waals surface area contributed by atoms with Crippen LogP contribution in [0.3, 0.4) is 0 Å². The highest BCUT2D eigenvalue weighted by Gasteiger charge is 2.08. The summed E-state index contributed by atoms with van der Waals surface area (Å²) in [6, 6.07) is 4.76. The third-order valence-electron chi connectivity index (χ3n) is 1.77. The van der Waals surface area contributed by atoms with Crippen LogP contribution in [-0.4, -0.2) is 18.1 Å². The van der Waals surface area contributed by atoms with Gasteiger partial charge in [0.2, 0.25) is 0 Å². The molecule has 0 atom stereocenters. The molecule has 0 aliphatic heterocycles. The normalized spacial score (nSPS) is 9.69. The van der Waals surface area contributed by atoms with Gasteiger partial charge in [-0.3, -0.25) is 4.79 Å². The summed E-state index contributed by atoms with van der Waals surface area (Å²) in [4.78, 5) is 11.1. The maximum absolute atomic E-state index is 11.1. The minimum atomic E-state index is -0.305. The number of hydrogen-bond acceptors (Lipinski definition) is 3. The molecule has 13 heavy (non-hydrogen) atoms. The molecule has 4 nitrogen and oxygen atoms in total. The van der Waals surface area contributed by atoms with Crippen LogP contribution in [0.4, 0.5) is 0 Å². The first-order chi connectivity index (χ1) is 6.19. The van der Waals surface area contributed by atoms with Crippen LogP contribution in [0.2, 0.25) is 0 Å². The quantitative estimate of drug-likeness (QED) is 0.609. The molecule has 70 valence electrons. The summed E-state index contributed by atoms with van der Waals surface area (Å²) in [5.74, 6) is -0.344. The number of benzene rings is 1. The molecule has 1 aromatic rings. The van der Waals surface area contributed by atoms with Crippen molar-refractivity contribution in [3.8, 4) is 5.75 Å². The Hall–Kier alpha value is -1.55. The lowest BCUT2D eigenvalue weighted by molar-refractivity contribution is 0.0960. The second-order valence-electron chi connectivity index (χ2n) is 2.63. The summed E-state index contributed by atoms with van der Waals surface area (Å²) in [6.07, 6.45) is 0. The van der Waals surface area contributed by atoms with Crippen LogP contribution in [0.15, 0.2) is 18.2 Å². The molecule has 0 bridgehead atoms. The van der Waals surface area contributed by atoms with Gasteiger partial charge in [0.05, 0.1) is 5.56 Å². The van der Waals surface area contributed by atoms with Gasteiger partial charge in [-0.25, -0.2) is 0 Å². The van der Waals surface area contributed by atoms with E-state index in [2.05, 4.69) is 5.32 Å². The maximum Gasteiger partial charge on any atom is 0.254 e. The monoisotopic (exact) mass is 180 g/mol. The Kier molecular flexibility index (Phi) is 2.87. The number of nitrogens with one attached hydrogen (secondary N) is 1. The number of nitrogens with two attached hydrogens (primary N) is 1. The molecule has 1 aromatic carbocycles. The highest BCUT2D eigenvalue weighted by Crippen LogP contribution is 2.18. The van der Waals surface area contributed by atoms with Gasteiger partial charge in [-0.15, -0.1) is 0 Å². The molecule has 0 aromatic heterocycles. The van der Waals surface area contributed by atoms with Crippen LogP contribution in [0.5, 0.6) is 5.75 Å². The van der Waals surface area contributed by atoms with Crippen LogP contribution >= 0.6 is 0 Å². The largest absolute Gasteiger partial charge is 0.507 e. The minimum absolute atomic E-state index is 0.0395. The summed E-state index contributed by atoms with van der Waals surface area (Å²) in [7, 11) is 1.51. The molecule has 0 heterocycles.